The van der Waals surface area contributed by atoms with Gasteiger partial charge in [-0.05, 0) is 13.8 Å². The molecule has 0 aliphatic heterocycles. The van der Waals surface area contributed by atoms with Gasteiger partial charge in [-0.15, -0.1) is 0 Å². The Morgan fingerprint density at radius 3 is 2.48 bits per heavy atom. The predicted molar refractivity (Wildman–Crippen MR) is 97.2 cm³/mol. The highest BCUT2D eigenvalue weighted by atomic mass is 31.2. The SMILES string of the molecule is CCOP(=O)(COP(=O)(O)COCCn1cnc2c(N)ncnc21)OCC. The number of fused-ring (bicyclic) bond motifs is 1. The van der Waals surface area contributed by atoms with Crippen LogP contribution < -0.4 is 5.73 Å². The Labute approximate surface area is 156 Å². The van der Waals surface area contributed by atoms with Crippen molar-refractivity contribution in [1.29, 1.82) is 0 Å². The minimum absolute atomic E-state index is 0.0951. The molecule has 0 amide bonds. The van der Waals surface area contributed by atoms with Crippen molar-refractivity contribution < 1.29 is 32.3 Å². The standard InChI is InChI=1S/C13H23N5O7P2/c1-3-23-27(21,24-4-2)10-25-26(19,20)9-22-6-5-18-8-17-11-12(14)15-7-16-13(11)18/h7-8H,3-6,9-10H2,1-2H3,(H,19,20)(H2,14,15,16). The summed E-state index contributed by atoms with van der Waals surface area (Å²) in [6.07, 6.45) is 1.64. The first-order valence-corrected chi connectivity index (χ1v) is 11.6. The summed E-state index contributed by atoms with van der Waals surface area (Å²) in [5, 5.41) is 0. The highest BCUT2D eigenvalue weighted by molar-refractivity contribution is 7.56. The molecular formula is C13H23N5O7P2. The Morgan fingerprint density at radius 2 is 1.81 bits per heavy atom. The Balaban J connectivity index is 1.82. The topological polar surface area (TPSA) is 161 Å². The monoisotopic (exact) mass is 423 g/mol. The van der Waals surface area contributed by atoms with Crippen LogP contribution in [0.5, 0.6) is 0 Å². The van der Waals surface area contributed by atoms with E-state index < -0.39 is 27.9 Å². The lowest BCUT2D eigenvalue weighted by atomic mass is 10.5. The van der Waals surface area contributed by atoms with Crippen LogP contribution in [0.3, 0.4) is 0 Å². The molecule has 0 bridgehead atoms. The quantitative estimate of drug-likeness (QED) is 0.378. The first-order chi connectivity index (χ1) is 12.8. The van der Waals surface area contributed by atoms with Crippen molar-refractivity contribution in [1.82, 2.24) is 19.5 Å². The maximum atomic E-state index is 12.2. The van der Waals surface area contributed by atoms with Gasteiger partial charge < -0.3 is 29.0 Å². The minimum atomic E-state index is -4.12. The van der Waals surface area contributed by atoms with Gasteiger partial charge in [0.2, 0.25) is 0 Å². The van der Waals surface area contributed by atoms with Gasteiger partial charge in [-0.2, -0.15) is 0 Å². The molecular weight excluding hydrogens is 400 g/mol. The van der Waals surface area contributed by atoms with Crippen molar-refractivity contribution in [2.75, 3.05) is 38.3 Å². The molecule has 0 aliphatic carbocycles. The van der Waals surface area contributed by atoms with Gasteiger partial charge in [0.1, 0.15) is 18.2 Å². The second-order valence-electron chi connectivity index (χ2n) is 5.25. The van der Waals surface area contributed by atoms with Crippen LogP contribution in [0.2, 0.25) is 0 Å². The maximum Gasteiger partial charge on any atom is 0.356 e. The Morgan fingerprint density at radius 1 is 1.11 bits per heavy atom. The van der Waals surface area contributed by atoms with E-state index in [9.17, 15) is 14.0 Å². The van der Waals surface area contributed by atoms with Crippen molar-refractivity contribution in [2.24, 2.45) is 0 Å². The lowest BCUT2D eigenvalue weighted by Crippen LogP contribution is -2.09. The molecule has 0 aliphatic rings. The van der Waals surface area contributed by atoms with Gasteiger partial charge in [-0.3, -0.25) is 13.7 Å². The summed E-state index contributed by atoms with van der Waals surface area (Å²) in [5.41, 5.74) is 6.70. The molecule has 2 heterocycles. The molecule has 3 N–H and O–H groups in total. The van der Waals surface area contributed by atoms with Crippen molar-refractivity contribution in [2.45, 2.75) is 20.4 Å². The molecule has 2 aromatic heterocycles. The zero-order valence-corrected chi connectivity index (χ0v) is 16.8. The van der Waals surface area contributed by atoms with E-state index in [0.29, 0.717) is 17.7 Å². The number of rotatable bonds is 12. The molecule has 12 nitrogen and oxygen atoms in total. The van der Waals surface area contributed by atoms with E-state index in [1.54, 1.807) is 18.4 Å². The lowest BCUT2D eigenvalue weighted by Gasteiger charge is -2.19. The first-order valence-electron chi connectivity index (χ1n) is 8.14. The van der Waals surface area contributed by atoms with Crippen LogP contribution in [0.1, 0.15) is 13.8 Å². The van der Waals surface area contributed by atoms with Gasteiger partial charge in [0.25, 0.3) is 0 Å². The van der Waals surface area contributed by atoms with Gasteiger partial charge in [0.15, 0.2) is 17.8 Å². The van der Waals surface area contributed by atoms with Gasteiger partial charge in [0.05, 0.1) is 26.1 Å². The van der Waals surface area contributed by atoms with Crippen LogP contribution in [-0.2, 0) is 34.0 Å². The molecule has 2 aromatic rings. The largest absolute Gasteiger partial charge is 0.382 e. The summed E-state index contributed by atoms with van der Waals surface area (Å²) >= 11 is 0. The number of aromatic nitrogens is 4. The Bertz CT molecular complexity index is 836. The summed E-state index contributed by atoms with van der Waals surface area (Å²) in [6.45, 7) is 3.93. The molecule has 27 heavy (non-hydrogen) atoms. The van der Waals surface area contributed by atoms with Crippen LogP contribution >= 0.6 is 15.2 Å². The fourth-order valence-corrected chi connectivity index (χ4v) is 4.84. The molecule has 0 aromatic carbocycles. The molecule has 152 valence electrons. The van der Waals surface area contributed by atoms with Crippen molar-refractivity contribution in [3.63, 3.8) is 0 Å². The number of hydrogen-bond donors (Lipinski definition) is 2. The minimum Gasteiger partial charge on any atom is -0.382 e. The van der Waals surface area contributed by atoms with E-state index >= 15 is 0 Å². The third-order valence-corrected chi connectivity index (χ3v) is 6.22. The third-order valence-electron chi connectivity index (χ3n) is 3.23. The fourth-order valence-electron chi connectivity index (χ4n) is 2.11. The molecule has 0 radical (unpaired) electrons. The summed E-state index contributed by atoms with van der Waals surface area (Å²) in [6, 6.07) is 0. The smallest absolute Gasteiger partial charge is 0.356 e. The molecule has 2 rings (SSSR count). The van der Waals surface area contributed by atoms with E-state index in [1.807, 2.05) is 0 Å². The third kappa shape index (κ3) is 6.32. The van der Waals surface area contributed by atoms with E-state index in [2.05, 4.69) is 15.0 Å². The predicted octanol–water partition coefficient (Wildman–Crippen LogP) is 1.81. The number of imidazole rings is 1. The van der Waals surface area contributed by atoms with Crippen LogP contribution in [0.25, 0.3) is 11.2 Å². The Hall–Kier alpha value is -1.39. The highest BCUT2D eigenvalue weighted by Gasteiger charge is 2.30. The molecule has 1 unspecified atom stereocenters. The second-order valence-corrected chi connectivity index (χ2v) is 9.04. The molecule has 0 spiro atoms. The lowest BCUT2D eigenvalue weighted by molar-refractivity contribution is 0.137. The number of ether oxygens (including phenoxy) is 1. The van der Waals surface area contributed by atoms with Gasteiger partial charge in [-0.1, -0.05) is 0 Å². The van der Waals surface area contributed by atoms with E-state index in [1.165, 1.54) is 12.7 Å². The number of anilines is 1. The first kappa shape index (κ1) is 21.9. The number of nitrogens with zero attached hydrogens (tertiary/aromatic N) is 4. The maximum absolute atomic E-state index is 12.2. The second kappa shape index (κ2) is 9.70. The van der Waals surface area contributed by atoms with Crippen molar-refractivity contribution in [3.05, 3.63) is 12.7 Å². The van der Waals surface area contributed by atoms with Crippen molar-refractivity contribution >= 4 is 32.2 Å². The van der Waals surface area contributed by atoms with Crippen LogP contribution in [-0.4, -0.2) is 56.9 Å². The average molecular weight is 423 g/mol. The number of nitrogens with two attached hydrogens (primary N) is 1. The molecule has 0 saturated carbocycles. The summed E-state index contributed by atoms with van der Waals surface area (Å²) in [5.74, 6) is 0.265. The molecule has 14 heteroatoms. The molecule has 0 saturated heterocycles. The average Bonchev–Trinajstić information content (AvgIpc) is 3.02. The molecule has 1 atom stereocenters. The summed E-state index contributed by atoms with van der Waals surface area (Å²) in [4.78, 5) is 21.8. The zero-order chi connectivity index (χ0) is 19.9. The summed E-state index contributed by atoms with van der Waals surface area (Å²) < 4.78 is 45.9. The van der Waals surface area contributed by atoms with E-state index in [-0.39, 0.29) is 25.6 Å². The van der Waals surface area contributed by atoms with E-state index in [0.717, 1.165) is 0 Å². The zero-order valence-electron chi connectivity index (χ0n) is 15.1. The van der Waals surface area contributed by atoms with Crippen LogP contribution in [0.15, 0.2) is 12.7 Å². The van der Waals surface area contributed by atoms with E-state index in [4.69, 9.17) is 24.0 Å². The van der Waals surface area contributed by atoms with Crippen LogP contribution in [0, 0.1) is 0 Å². The van der Waals surface area contributed by atoms with Gasteiger partial charge in [-0.25, -0.2) is 15.0 Å². The highest BCUT2D eigenvalue weighted by Crippen LogP contribution is 2.53. The van der Waals surface area contributed by atoms with Gasteiger partial charge in [0, 0.05) is 6.54 Å². The van der Waals surface area contributed by atoms with Crippen molar-refractivity contribution in [3.8, 4) is 0 Å². The Kier molecular flexibility index (Phi) is 7.87. The fraction of sp³-hybridized carbons (Fsp3) is 0.615. The summed E-state index contributed by atoms with van der Waals surface area (Å²) in [7, 11) is -7.70. The molecule has 0 fully saturated rings. The number of hydrogen-bond acceptors (Lipinski definition) is 10. The number of nitrogen functional groups attached to an aromatic ring is 1. The normalized spacial score (nSPS) is 14.5. The van der Waals surface area contributed by atoms with Gasteiger partial charge >= 0.3 is 15.2 Å². The van der Waals surface area contributed by atoms with Crippen LogP contribution in [0.4, 0.5) is 5.82 Å².